The van der Waals surface area contributed by atoms with E-state index in [1.165, 1.54) is 18.2 Å². The molecule has 1 atom stereocenters. The molecule has 0 amide bonds. The van der Waals surface area contributed by atoms with Gasteiger partial charge in [-0.25, -0.2) is 9.97 Å². The van der Waals surface area contributed by atoms with Gasteiger partial charge in [-0.1, -0.05) is 30.3 Å². The number of sulfonamides is 1. The van der Waals surface area contributed by atoms with Crippen molar-refractivity contribution in [1.29, 1.82) is 0 Å². The Labute approximate surface area is 223 Å². The molecule has 1 saturated heterocycles. The minimum Gasteiger partial charge on any atom is -0.481 e. The van der Waals surface area contributed by atoms with Crippen LogP contribution in [0.15, 0.2) is 59.8 Å². The number of nitrogens with one attached hydrogen (secondary N) is 1. The zero-order valence-corrected chi connectivity index (χ0v) is 21.8. The van der Waals surface area contributed by atoms with E-state index in [1.807, 2.05) is 0 Å². The minimum absolute atomic E-state index is 0.102. The average Bonchev–Trinajstić information content (AvgIpc) is 2.88. The van der Waals surface area contributed by atoms with Crippen LogP contribution in [0.25, 0.3) is 11.1 Å². The van der Waals surface area contributed by atoms with E-state index in [4.69, 9.17) is 0 Å². The van der Waals surface area contributed by atoms with Crippen LogP contribution in [0.4, 0.5) is 24.8 Å². The maximum atomic E-state index is 13.8. The van der Waals surface area contributed by atoms with Crippen LogP contribution in [0.2, 0.25) is 0 Å². The highest BCUT2D eigenvalue weighted by atomic mass is 32.2. The van der Waals surface area contributed by atoms with Crippen molar-refractivity contribution in [2.45, 2.75) is 37.4 Å². The van der Waals surface area contributed by atoms with Crippen molar-refractivity contribution in [2.75, 3.05) is 29.3 Å². The van der Waals surface area contributed by atoms with Crippen molar-refractivity contribution in [1.82, 2.24) is 9.97 Å². The van der Waals surface area contributed by atoms with E-state index in [0.29, 0.717) is 31.1 Å². The largest absolute Gasteiger partial charge is 0.481 e. The SMILES string of the molecule is CC1(C(=O)O)CCCN(c2cccc(S(=O)(=O)Nc3cc(-c4ccccc4CCO)c(C(F)(F)F)cn3)n2)C1. The molecule has 3 N–H and O–H groups in total. The Morgan fingerprint density at radius 2 is 1.90 bits per heavy atom. The van der Waals surface area contributed by atoms with Crippen molar-refractivity contribution in [3.05, 3.63) is 65.9 Å². The molecular formula is C26H27F3N4O5S. The number of alkyl halides is 3. The Kier molecular flexibility index (Phi) is 7.84. The third-order valence-electron chi connectivity index (χ3n) is 6.66. The summed E-state index contributed by atoms with van der Waals surface area (Å²) in [4.78, 5) is 21.3. The number of carboxylic acids is 1. The van der Waals surface area contributed by atoms with Gasteiger partial charge < -0.3 is 15.1 Å². The van der Waals surface area contributed by atoms with Gasteiger partial charge in [-0.2, -0.15) is 21.6 Å². The van der Waals surface area contributed by atoms with Gasteiger partial charge in [0, 0.05) is 25.9 Å². The minimum atomic E-state index is -4.76. The van der Waals surface area contributed by atoms with Gasteiger partial charge in [0.2, 0.25) is 0 Å². The maximum Gasteiger partial charge on any atom is 0.418 e. The molecule has 0 saturated carbocycles. The number of aliphatic hydroxyl groups excluding tert-OH is 1. The molecule has 4 rings (SSSR count). The summed E-state index contributed by atoms with van der Waals surface area (Å²) in [6, 6.07) is 11.5. The number of hydrogen-bond donors (Lipinski definition) is 3. The number of benzene rings is 1. The number of piperidine rings is 1. The van der Waals surface area contributed by atoms with Gasteiger partial charge in [0.15, 0.2) is 5.03 Å². The Balaban J connectivity index is 1.68. The van der Waals surface area contributed by atoms with E-state index in [1.54, 1.807) is 36.1 Å². The number of hydrogen-bond acceptors (Lipinski definition) is 7. The topological polar surface area (TPSA) is 133 Å². The Bertz CT molecular complexity index is 1480. The molecule has 1 aliphatic rings. The monoisotopic (exact) mass is 564 g/mol. The van der Waals surface area contributed by atoms with Crippen molar-refractivity contribution < 1.29 is 36.6 Å². The summed E-state index contributed by atoms with van der Waals surface area (Å²) in [6.45, 7) is 1.97. The Morgan fingerprint density at radius 3 is 2.59 bits per heavy atom. The number of anilines is 2. The number of halogens is 3. The average molecular weight is 565 g/mol. The van der Waals surface area contributed by atoms with Gasteiger partial charge in [-0.05, 0) is 61.1 Å². The first-order valence-electron chi connectivity index (χ1n) is 12.1. The van der Waals surface area contributed by atoms with Crippen molar-refractivity contribution >= 4 is 27.6 Å². The highest BCUT2D eigenvalue weighted by Crippen LogP contribution is 2.39. The molecule has 1 unspecified atom stereocenters. The molecule has 1 aromatic carbocycles. The van der Waals surface area contributed by atoms with Crippen LogP contribution in [-0.2, 0) is 27.4 Å². The standard InChI is InChI=1S/C26H27F3N4O5S/c1-25(24(35)36)11-5-12-33(16-25)22-8-4-9-23(31-22)39(37,38)32-21-14-19(20(15-30-21)26(27,28)29)18-7-3-2-6-17(18)10-13-34/h2-4,6-9,14-15,34H,5,10-13,16H2,1H3,(H,30,32)(H,35,36). The fourth-order valence-corrected chi connectivity index (χ4v) is 5.57. The smallest absolute Gasteiger partial charge is 0.418 e. The normalized spacial score (nSPS) is 18.1. The lowest BCUT2D eigenvalue weighted by atomic mass is 9.82. The van der Waals surface area contributed by atoms with E-state index >= 15 is 0 Å². The molecule has 0 bridgehead atoms. The molecule has 208 valence electrons. The summed E-state index contributed by atoms with van der Waals surface area (Å²) in [6.07, 6.45) is -3.05. The first-order valence-corrected chi connectivity index (χ1v) is 13.6. The molecule has 0 aliphatic carbocycles. The molecule has 13 heteroatoms. The maximum absolute atomic E-state index is 13.8. The second kappa shape index (κ2) is 10.8. The highest BCUT2D eigenvalue weighted by Gasteiger charge is 2.39. The molecule has 0 radical (unpaired) electrons. The van der Waals surface area contributed by atoms with Crippen LogP contribution in [0.1, 0.15) is 30.9 Å². The summed E-state index contributed by atoms with van der Waals surface area (Å²) in [7, 11) is -4.38. The number of aliphatic carboxylic acids is 1. The van der Waals surface area contributed by atoms with Crippen LogP contribution < -0.4 is 9.62 Å². The third-order valence-corrected chi connectivity index (χ3v) is 7.91. The number of aromatic nitrogens is 2. The van der Waals surface area contributed by atoms with Crippen LogP contribution >= 0.6 is 0 Å². The molecular weight excluding hydrogens is 537 g/mol. The number of rotatable bonds is 8. The van der Waals surface area contributed by atoms with Crippen LogP contribution in [0.5, 0.6) is 0 Å². The second-order valence-electron chi connectivity index (χ2n) is 9.57. The van der Waals surface area contributed by atoms with Crippen molar-refractivity contribution in [2.24, 2.45) is 5.41 Å². The lowest BCUT2D eigenvalue weighted by Crippen LogP contribution is -2.46. The molecule has 1 fully saturated rings. The summed E-state index contributed by atoms with van der Waals surface area (Å²) in [5.74, 6) is -1.04. The van der Waals surface area contributed by atoms with Gasteiger partial charge in [-0.15, -0.1) is 0 Å². The number of pyridine rings is 2. The first-order chi connectivity index (χ1) is 18.3. The molecule has 39 heavy (non-hydrogen) atoms. The summed E-state index contributed by atoms with van der Waals surface area (Å²) in [5.41, 5.74) is -1.71. The van der Waals surface area contributed by atoms with Gasteiger partial charge in [0.25, 0.3) is 10.0 Å². The number of nitrogens with zero attached hydrogens (tertiary/aromatic N) is 3. The highest BCUT2D eigenvalue weighted by molar-refractivity contribution is 7.92. The third kappa shape index (κ3) is 6.14. The first kappa shape index (κ1) is 28.3. The van der Waals surface area contributed by atoms with Crippen LogP contribution in [0, 0.1) is 5.41 Å². The zero-order chi connectivity index (χ0) is 28.4. The predicted molar refractivity (Wildman–Crippen MR) is 138 cm³/mol. The second-order valence-corrected chi connectivity index (χ2v) is 11.2. The van der Waals surface area contributed by atoms with E-state index in [-0.39, 0.29) is 42.3 Å². The molecule has 0 spiro atoms. The lowest BCUT2D eigenvalue weighted by molar-refractivity contribution is -0.148. The Hall–Kier alpha value is -3.71. The molecule has 9 nitrogen and oxygen atoms in total. The predicted octanol–water partition coefficient (Wildman–Crippen LogP) is 4.19. The molecule has 2 aromatic heterocycles. The number of carbonyl (C=O) groups is 1. The van der Waals surface area contributed by atoms with Crippen molar-refractivity contribution in [3.8, 4) is 11.1 Å². The zero-order valence-electron chi connectivity index (χ0n) is 20.9. The lowest BCUT2D eigenvalue weighted by Gasteiger charge is -2.38. The molecule has 1 aliphatic heterocycles. The van der Waals surface area contributed by atoms with Gasteiger partial charge in [0.05, 0.1) is 11.0 Å². The summed E-state index contributed by atoms with van der Waals surface area (Å²) < 4.78 is 70.1. The van der Waals surface area contributed by atoms with Gasteiger partial charge >= 0.3 is 12.1 Å². The molecule has 3 aromatic rings. The van der Waals surface area contributed by atoms with Gasteiger partial charge in [-0.3, -0.25) is 9.52 Å². The van der Waals surface area contributed by atoms with Crippen LogP contribution in [-0.4, -0.2) is 54.3 Å². The van der Waals surface area contributed by atoms with E-state index in [2.05, 4.69) is 14.7 Å². The fraction of sp³-hybridized carbons (Fsp3) is 0.346. The Morgan fingerprint density at radius 1 is 1.15 bits per heavy atom. The van der Waals surface area contributed by atoms with Crippen molar-refractivity contribution in [3.63, 3.8) is 0 Å². The number of aliphatic hydroxyl groups is 1. The summed E-state index contributed by atoms with van der Waals surface area (Å²) in [5, 5.41) is 18.6. The van der Waals surface area contributed by atoms with E-state index < -0.39 is 38.2 Å². The fourth-order valence-electron chi connectivity index (χ4n) is 4.61. The van der Waals surface area contributed by atoms with E-state index in [9.17, 15) is 36.6 Å². The summed E-state index contributed by atoms with van der Waals surface area (Å²) >= 11 is 0. The quantitative estimate of drug-likeness (QED) is 0.371. The van der Waals surface area contributed by atoms with Gasteiger partial charge in [0.1, 0.15) is 11.6 Å². The number of carboxylic acid groups (broad SMARTS) is 1. The van der Waals surface area contributed by atoms with E-state index in [0.717, 1.165) is 6.07 Å². The molecule has 3 heterocycles. The van der Waals surface area contributed by atoms with Crippen LogP contribution in [0.3, 0.4) is 0 Å².